The van der Waals surface area contributed by atoms with Gasteiger partial charge in [0.2, 0.25) is 5.91 Å². The highest BCUT2D eigenvalue weighted by molar-refractivity contribution is 5.92. The molecule has 2 aromatic rings. The van der Waals surface area contributed by atoms with Crippen LogP contribution in [0.5, 0.6) is 17.2 Å². The second-order valence-corrected chi connectivity index (χ2v) is 6.51. The maximum atomic E-state index is 12.5. The van der Waals surface area contributed by atoms with Crippen molar-refractivity contribution in [1.82, 2.24) is 4.90 Å². The van der Waals surface area contributed by atoms with Crippen molar-refractivity contribution in [2.75, 3.05) is 44.8 Å². The normalized spacial score (nSPS) is 14.4. The molecule has 0 spiro atoms. The average Bonchev–Trinajstić information content (AvgIpc) is 2.73. The van der Waals surface area contributed by atoms with Gasteiger partial charge in [-0.15, -0.1) is 0 Å². The molecular formula is C22H26N2O4. The average molecular weight is 382 g/mol. The Bertz CT molecular complexity index is 825. The number of phenolic OH excluding ortho intramolecular Hbond substituents is 1. The zero-order valence-corrected chi connectivity index (χ0v) is 16.3. The zero-order valence-electron chi connectivity index (χ0n) is 16.3. The molecule has 0 unspecified atom stereocenters. The summed E-state index contributed by atoms with van der Waals surface area (Å²) in [5.41, 5.74) is 1.95. The Labute approximate surface area is 165 Å². The monoisotopic (exact) mass is 382 g/mol. The highest BCUT2D eigenvalue weighted by atomic mass is 16.5. The molecule has 0 aliphatic carbocycles. The van der Waals surface area contributed by atoms with Crippen molar-refractivity contribution in [2.45, 2.75) is 6.92 Å². The first-order valence-electron chi connectivity index (χ1n) is 9.42. The van der Waals surface area contributed by atoms with Crippen LogP contribution in [0.1, 0.15) is 12.5 Å². The van der Waals surface area contributed by atoms with E-state index in [1.165, 1.54) is 0 Å². The number of methoxy groups -OCH3 is 1. The van der Waals surface area contributed by atoms with E-state index in [0.717, 1.165) is 24.3 Å². The maximum Gasteiger partial charge on any atom is 0.246 e. The summed E-state index contributed by atoms with van der Waals surface area (Å²) >= 11 is 0. The number of rotatable bonds is 6. The minimum Gasteiger partial charge on any atom is -0.508 e. The van der Waals surface area contributed by atoms with Crippen LogP contribution in [0.2, 0.25) is 0 Å². The lowest BCUT2D eigenvalue weighted by Gasteiger charge is -2.35. The van der Waals surface area contributed by atoms with Crippen LogP contribution in [-0.4, -0.2) is 55.8 Å². The molecule has 0 atom stereocenters. The van der Waals surface area contributed by atoms with E-state index in [-0.39, 0.29) is 11.7 Å². The summed E-state index contributed by atoms with van der Waals surface area (Å²) in [6.07, 6.45) is 3.41. The van der Waals surface area contributed by atoms with Gasteiger partial charge in [0.05, 0.1) is 13.7 Å². The van der Waals surface area contributed by atoms with Crippen LogP contribution >= 0.6 is 0 Å². The molecule has 148 valence electrons. The standard InChI is InChI=1S/C22H26N2O4/c1-3-28-21-16-17(4-10-20(21)27-2)5-11-22(26)24-14-12-23(13-15-24)18-6-8-19(25)9-7-18/h4-11,16,25H,3,12-15H2,1-2H3/b11-5+. The second-order valence-electron chi connectivity index (χ2n) is 6.51. The van der Waals surface area contributed by atoms with Gasteiger partial charge in [-0.1, -0.05) is 6.07 Å². The van der Waals surface area contributed by atoms with Crippen molar-refractivity contribution >= 4 is 17.7 Å². The van der Waals surface area contributed by atoms with Gasteiger partial charge in [-0.25, -0.2) is 0 Å². The van der Waals surface area contributed by atoms with Crippen LogP contribution in [0, 0.1) is 0 Å². The Morgan fingerprint density at radius 2 is 1.79 bits per heavy atom. The van der Waals surface area contributed by atoms with Crippen molar-refractivity contribution in [3.8, 4) is 17.2 Å². The maximum absolute atomic E-state index is 12.5. The van der Waals surface area contributed by atoms with Crippen molar-refractivity contribution in [1.29, 1.82) is 0 Å². The number of anilines is 1. The van der Waals surface area contributed by atoms with Crippen molar-refractivity contribution < 1.29 is 19.4 Å². The van der Waals surface area contributed by atoms with E-state index in [1.807, 2.05) is 42.2 Å². The fraction of sp³-hybridized carbons (Fsp3) is 0.318. The van der Waals surface area contributed by atoms with Crippen LogP contribution in [-0.2, 0) is 4.79 Å². The third kappa shape index (κ3) is 4.76. The fourth-order valence-electron chi connectivity index (χ4n) is 3.19. The third-order valence-electron chi connectivity index (χ3n) is 4.71. The third-order valence-corrected chi connectivity index (χ3v) is 4.71. The zero-order chi connectivity index (χ0) is 19.9. The Hall–Kier alpha value is -3.15. The van der Waals surface area contributed by atoms with E-state index >= 15 is 0 Å². The Morgan fingerprint density at radius 1 is 1.07 bits per heavy atom. The van der Waals surface area contributed by atoms with Crippen LogP contribution in [0.3, 0.4) is 0 Å². The van der Waals surface area contributed by atoms with Gasteiger partial charge in [0.1, 0.15) is 5.75 Å². The number of aromatic hydroxyl groups is 1. The smallest absolute Gasteiger partial charge is 0.246 e. The summed E-state index contributed by atoms with van der Waals surface area (Å²) in [7, 11) is 1.61. The molecule has 3 rings (SSSR count). The quantitative estimate of drug-likeness (QED) is 0.778. The number of ether oxygens (including phenoxy) is 2. The number of hydrogen-bond donors (Lipinski definition) is 1. The van der Waals surface area contributed by atoms with Gasteiger partial charge in [-0.2, -0.15) is 0 Å². The van der Waals surface area contributed by atoms with Crippen LogP contribution in [0.25, 0.3) is 6.08 Å². The van der Waals surface area contributed by atoms with Crippen molar-refractivity contribution in [3.63, 3.8) is 0 Å². The van der Waals surface area contributed by atoms with E-state index in [9.17, 15) is 9.90 Å². The number of amides is 1. The number of piperazine rings is 1. The SMILES string of the molecule is CCOc1cc(/C=C/C(=O)N2CCN(c3ccc(O)cc3)CC2)ccc1OC. The van der Waals surface area contributed by atoms with Gasteiger partial charge in [0.25, 0.3) is 0 Å². The number of hydrogen-bond acceptors (Lipinski definition) is 5. The van der Waals surface area contributed by atoms with Gasteiger partial charge < -0.3 is 24.4 Å². The summed E-state index contributed by atoms with van der Waals surface area (Å²) in [5.74, 6) is 1.60. The molecule has 0 saturated carbocycles. The van der Waals surface area contributed by atoms with E-state index < -0.39 is 0 Å². The number of carbonyl (C=O) groups is 1. The highest BCUT2D eigenvalue weighted by Gasteiger charge is 2.19. The summed E-state index contributed by atoms with van der Waals surface area (Å²) in [6, 6.07) is 12.8. The van der Waals surface area contributed by atoms with E-state index in [1.54, 1.807) is 31.4 Å². The first-order chi connectivity index (χ1) is 13.6. The predicted octanol–water partition coefficient (Wildman–Crippen LogP) is 3.16. The molecule has 6 heteroatoms. The molecule has 1 aliphatic rings. The lowest BCUT2D eigenvalue weighted by molar-refractivity contribution is -0.126. The molecule has 1 saturated heterocycles. The molecule has 2 aromatic carbocycles. The molecular weight excluding hydrogens is 356 g/mol. The summed E-state index contributed by atoms with van der Waals surface area (Å²) in [6.45, 7) is 5.33. The Balaban J connectivity index is 1.58. The molecule has 6 nitrogen and oxygen atoms in total. The molecule has 1 heterocycles. The number of carbonyl (C=O) groups excluding carboxylic acids is 1. The lowest BCUT2D eigenvalue weighted by atomic mass is 10.1. The molecule has 28 heavy (non-hydrogen) atoms. The lowest BCUT2D eigenvalue weighted by Crippen LogP contribution is -2.48. The Kier molecular flexibility index (Phi) is 6.42. The van der Waals surface area contributed by atoms with Gasteiger partial charge in [-0.05, 0) is 55.0 Å². The highest BCUT2D eigenvalue weighted by Crippen LogP contribution is 2.28. The number of nitrogens with zero attached hydrogens (tertiary/aromatic N) is 2. The topological polar surface area (TPSA) is 62.2 Å². The van der Waals surface area contributed by atoms with Gasteiger partial charge in [0.15, 0.2) is 11.5 Å². The van der Waals surface area contributed by atoms with Crippen LogP contribution < -0.4 is 14.4 Å². The summed E-state index contributed by atoms with van der Waals surface area (Å²) in [5, 5.41) is 9.41. The largest absolute Gasteiger partial charge is 0.508 e. The first kappa shape index (κ1) is 19.6. The van der Waals surface area contributed by atoms with Crippen LogP contribution in [0.4, 0.5) is 5.69 Å². The van der Waals surface area contributed by atoms with E-state index in [2.05, 4.69) is 4.90 Å². The predicted molar refractivity (Wildman–Crippen MR) is 110 cm³/mol. The minimum absolute atomic E-state index is 0.000802. The molecule has 1 amide bonds. The van der Waals surface area contributed by atoms with Gasteiger partial charge in [-0.3, -0.25) is 4.79 Å². The van der Waals surface area contributed by atoms with Gasteiger partial charge >= 0.3 is 0 Å². The van der Waals surface area contributed by atoms with E-state index in [4.69, 9.17) is 9.47 Å². The van der Waals surface area contributed by atoms with E-state index in [0.29, 0.717) is 31.2 Å². The molecule has 1 fully saturated rings. The molecule has 0 radical (unpaired) electrons. The number of phenols is 1. The molecule has 1 aliphatic heterocycles. The summed E-state index contributed by atoms with van der Waals surface area (Å²) in [4.78, 5) is 16.6. The molecule has 0 bridgehead atoms. The summed E-state index contributed by atoms with van der Waals surface area (Å²) < 4.78 is 10.9. The second kappa shape index (κ2) is 9.17. The molecule has 1 N–H and O–H groups in total. The van der Waals surface area contributed by atoms with Crippen molar-refractivity contribution in [2.24, 2.45) is 0 Å². The fourth-order valence-corrected chi connectivity index (χ4v) is 3.19. The van der Waals surface area contributed by atoms with Gasteiger partial charge in [0, 0.05) is 37.9 Å². The Morgan fingerprint density at radius 3 is 2.43 bits per heavy atom. The first-order valence-corrected chi connectivity index (χ1v) is 9.42. The van der Waals surface area contributed by atoms with Crippen molar-refractivity contribution in [3.05, 3.63) is 54.1 Å². The van der Waals surface area contributed by atoms with Crippen LogP contribution in [0.15, 0.2) is 48.5 Å². The number of benzene rings is 2. The minimum atomic E-state index is -0.000802. The molecule has 0 aromatic heterocycles.